The molecule has 90 valence electrons. The Labute approximate surface area is 95.3 Å². The van der Waals surface area contributed by atoms with Crippen LogP contribution in [0.5, 0.6) is 0 Å². The summed E-state index contributed by atoms with van der Waals surface area (Å²) in [7, 11) is 3.86. The molecule has 1 atom stereocenters. The average Bonchev–Trinajstić information content (AvgIpc) is 2.14. The number of hydrogen-bond acceptors (Lipinski definition) is 2. The van der Waals surface area contributed by atoms with E-state index in [0.29, 0.717) is 12.1 Å². The first-order valence-corrected chi connectivity index (χ1v) is 5.37. The van der Waals surface area contributed by atoms with E-state index in [4.69, 9.17) is 0 Å². The van der Waals surface area contributed by atoms with Crippen molar-refractivity contribution in [2.24, 2.45) is 0 Å². The third-order valence-corrected chi connectivity index (χ3v) is 2.29. The van der Waals surface area contributed by atoms with Gasteiger partial charge < -0.3 is 10.2 Å². The number of nitrogens with one attached hydrogen (secondary N) is 1. The minimum absolute atomic E-state index is 0.0507. The highest BCUT2D eigenvalue weighted by Gasteiger charge is 2.13. The van der Waals surface area contributed by atoms with Crippen LogP contribution in [0.25, 0.3) is 0 Å². The number of halogens is 2. The van der Waals surface area contributed by atoms with Gasteiger partial charge in [-0.25, -0.2) is 8.78 Å². The Bertz CT molecular complexity index is 320. The SMILES string of the molecule is CCNC(CN(C)C)c1cc(F)cc(F)c1. The first-order valence-electron chi connectivity index (χ1n) is 5.37. The molecule has 0 bridgehead atoms. The lowest BCUT2D eigenvalue weighted by atomic mass is 10.1. The molecule has 0 aliphatic rings. The number of benzene rings is 1. The normalized spacial score (nSPS) is 13.1. The Hall–Kier alpha value is -1.00. The largest absolute Gasteiger partial charge is 0.309 e. The molecule has 1 unspecified atom stereocenters. The molecule has 0 saturated carbocycles. The zero-order valence-corrected chi connectivity index (χ0v) is 9.93. The third kappa shape index (κ3) is 3.87. The first kappa shape index (κ1) is 13.1. The Morgan fingerprint density at radius 3 is 2.19 bits per heavy atom. The van der Waals surface area contributed by atoms with Gasteiger partial charge in [-0.3, -0.25) is 0 Å². The molecule has 0 fully saturated rings. The van der Waals surface area contributed by atoms with Crippen LogP contribution < -0.4 is 5.32 Å². The lowest BCUT2D eigenvalue weighted by Crippen LogP contribution is -2.31. The summed E-state index contributed by atoms with van der Waals surface area (Å²) < 4.78 is 26.2. The van der Waals surface area contributed by atoms with Gasteiger partial charge in [-0.15, -0.1) is 0 Å². The molecule has 1 aromatic rings. The lowest BCUT2D eigenvalue weighted by Gasteiger charge is -2.22. The van der Waals surface area contributed by atoms with Crippen LogP contribution in [0, 0.1) is 11.6 Å². The second-order valence-electron chi connectivity index (χ2n) is 4.08. The van der Waals surface area contributed by atoms with Crippen molar-refractivity contribution in [2.45, 2.75) is 13.0 Å². The van der Waals surface area contributed by atoms with Gasteiger partial charge in [0.05, 0.1) is 0 Å². The number of likely N-dealkylation sites (N-methyl/N-ethyl adjacent to an activating group) is 2. The van der Waals surface area contributed by atoms with E-state index in [2.05, 4.69) is 5.32 Å². The highest BCUT2D eigenvalue weighted by molar-refractivity contribution is 5.21. The zero-order valence-electron chi connectivity index (χ0n) is 9.93. The molecule has 0 amide bonds. The molecule has 0 aliphatic heterocycles. The maximum atomic E-state index is 13.1. The summed E-state index contributed by atoms with van der Waals surface area (Å²) in [5.74, 6) is -1.06. The van der Waals surface area contributed by atoms with Crippen LogP contribution in [0.15, 0.2) is 18.2 Å². The van der Waals surface area contributed by atoms with E-state index in [-0.39, 0.29) is 6.04 Å². The second kappa shape index (κ2) is 5.92. The third-order valence-electron chi connectivity index (χ3n) is 2.29. The second-order valence-corrected chi connectivity index (χ2v) is 4.08. The fraction of sp³-hybridized carbons (Fsp3) is 0.500. The zero-order chi connectivity index (χ0) is 12.1. The van der Waals surface area contributed by atoms with Crippen LogP contribution in [0.3, 0.4) is 0 Å². The maximum Gasteiger partial charge on any atom is 0.126 e. The van der Waals surface area contributed by atoms with Gasteiger partial charge in [0.15, 0.2) is 0 Å². The van der Waals surface area contributed by atoms with E-state index >= 15 is 0 Å². The molecule has 1 aromatic carbocycles. The molecule has 4 heteroatoms. The van der Waals surface area contributed by atoms with Gasteiger partial charge in [-0.2, -0.15) is 0 Å². The van der Waals surface area contributed by atoms with E-state index < -0.39 is 11.6 Å². The van der Waals surface area contributed by atoms with Crippen molar-refractivity contribution in [1.82, 2.24) is 10.2 Å². The summed E-state index contributed by atoms with van der Waals surface area (Å²) in [4.78, 5) is 1.98. The fourth-order valence-corrected chi connectivity index (χ4v) is 1.68. The van der Waals surface area contributed by atoms with Crippen molar-refractivity contribution < 1.29 is 8.78 Å². The predicted octanol–water partition coefficient (Wildman–Crippen LogP) is 2.18. The maximum absolute atomic E-state index is 13.1. The van der Waals surface area contributed by atoms with Gasteiger partial charge in [0.1, 0.15) is 11.6 Å². The average molecular weight is 228 g/mol. The molecule has 0 saturated heterocycles. The summed E-state index contributed by atoms with van der Waals surface area (Å²) in [5.41, 5.74) is 0.646. The molecular formula is C12H18F2N2. The Balaban J connectivity index is 2.90. The van der Waals surface area contributed by atoms with Crippen molar-refractivity contribution in [2.75, 3.05) is 27.2 Å². The molecule has 1 rings (SSSR count). The van der Waals surface area contributed by atoms with Crippen LogP contribution in [0.1, 0.15) is 18.5 Å². The molecule has 0 radical (unpaired) electrons. The van der Waals surface area contributed by atoms with Crippen molar-refractivity contribution in [3.05, 3.63) is 35.4 Å². The van der Waals surface area contributed by atoms with Crippen molar-refractivity contribution in [1.29, 1.82) is 0 Å². The summed E-state index contributed by atoms with van der Waals surface area (Å²) in [5, 5.41) is 3.21. The van der Waals surface area contributed by atoms with E-state index in [0.717, 1.165) is 12.6 Å². The summed E-state index contributed by atoms with van der Waals surface area (Å²) in [6, 6.07) is 3.59. The summed E-state index contributed by atoms with van der Waals surface area (Å²) >= 11 is 0. The molecular weight excluding hydrogens is 210 g/mol. The topological polar surface area (TPSA) is 15.3 Å². The van der Waals surface area contributed by atoms with E-state index in [1.54, 1.807) is 0 Å². The van der Waals surface area contributed by atoms with Crippen molar-refractivity contribution in [3.63, 3.8) is 0 Å². The van der Waals surface area contributed by atoms with Crippen LogP contribution in [-0.2, 0) is 0 Å². The number of nitrogens with zero attached hydrogens (tertiary/aromatic N) is 1. The van der Waals surface area contributed by atoms with Crippen LogP contribution in [-0.4, -0.2) is 32.1 Å². The fourth-order valence-electron chi connectivity index (χ4n) is 1.68. The Kier molecular flexibility index (Phi) is 4.83. The van der Waals surface area contributed by atoms with Crippen LogP contribution in [0.4, 0.5) is 8.78 Å². The molecule has 1 N–H and O–H groups in total. The summed E-state index contributed by atoms with van der Waals surface area (Å²) in [6.45, 7) is 3.44. The summed E-state index contributed by atoms with van der Waals surface area (Å²) in [6.07, 6.45) is 0. The van der Waals surface area contributed by atoms with Gasteiger partial charge in [0, 0.05) is 18.7 Å². The molecule has 0 aromatic heterocycles. The van der Waals surface area contributed by atoms with Gasteiger partial charge >= 0.3 is 0 Å². The quantitative estimate of drug-likeness (QED) is 0.831. The lowest BCUT2D eigenvalue weighted by molar-refractivity contribution is 0.344. The Morgan fingerprint density at radius 1 is 1.19 bits per heavy atom. The van der Waals surface area contributed by atoms with Crippen molar-refractivity contribution in [3.8, 4) is 0 Å². The minimum atomic E-state index is -0.531. The standard InChI is InChI=1S/C12H18F2N2/c1-4-15-12(8-16(2)3)9-5-10(13)7-11(14)6-9/h5-7,12,15H,4,8H2,1-3H3. The highest BCUT2D eigenvalue weighted by atomic mass is 19.1. The van der Waals surface area contributed by atoms with Gasteiger partial charge in [-0.05, 0) is 38.3 Å². The van der Waals surface area contributed by atoms with Gasteiger partial charge in [-0.1, -0.05) is 6.92 Å². The smallest absolute Gasteiger partial charge is 0.126 e. The molecule has 0 heterocycles. The minimum Gasteiger partial charge on any atom is -0.309 e. The predicted molar refractivity (Wildman–Crippen MR) is 61.3 cm³/mol. The molecule has 0 aliphatic carbocycles. The number of hydrogen-bond donors (Lipinski definition) is 1. The van der Waals surface area contributed by atoms with E-state index in [1.807, 2.05) is 25.9 Å². The molecule has 0 spiro atoms. The molecule has 2 nitrogen and oxygen atoms in total. The number of rotatable bonds is 5. The van der Waals surface area contributed by atoms with Gasteiger partial charge in [0.25, 0.3) is 0 Å². The monoisotopic (exact) mass is 228 g/mol. The Morgan fingerprint density at radius 2 is 1.75 bits per heavy atom. The van der Waals surface area contributed by atoms with Crippen LogP contribution >= 0.6 is 0 Å². The first-order chi connectivity index (χ1) is 7.52. The van der Waals surface area contributed by atoms with Crippen LogP contribution in [0.2, 0.25) is 0 Å². The van der Waals surface area contributed by atoms with E-state index in [1.165, 1.54) is 12.1 Å². The molecule has 16 heavy (non-hydrogen) atoms. The highest BCUT2D eigenvalue weighted by Crippen LogP contribution is 2.16. The van der Waals surface area contributed by atoms with Gasteiger partial charge in [0.2, 0.25) is 0 Å². The van der Waals surface area contributed by atoms with Crippen molar-refractivity contribution >= 4 is 0 Å². The van der Waals surface area contributed by atoms with E-state index in [9.17, 15) is 8.78 Å².